The maximum absolute atomic E-state index is 12.2. The molecule has 0 unspecified atom stereocenters. The van der Waals surface area contributed by atoms with Crippen molar-refractivity contribution in [1.82, 2.24) is 0 Å². The van der Waals surface area contributed by atoms with Gasteiger partial charge in [0.1, 0.15) is 23.7 Å². The third-order valence-electron chi connectivity index (χ3n) is 7.25. The lowest BCUT2D eigenvalue weighted by atomic mass is 9.90. The Bertz CT molecular complexity index is 1510. The molecule has 0 aromatic heterocycles. The number of carbonyl (C=O) groups is 4. The summed E-state index contributed by atoms with van der Waals surface area (Å²) in [6, 6.07) is 7.73. The first kappa shape index (κ1) is 28.1. The average Bonchev–Trinajstić information content (AvgIpc) is 3.49. The molecule has 0 radical (unpaired) electrons. The maximum Gasteiger partial charge on any atom is 0.331 e. The molecule has 0 bridgehead atoms. The summed E-state index contributed by atoms with van der Waals surface area (Å²) in [7, 11) is 0. The van der Waals surface area contributed by atoms with Gasteiger partial charge in [0, 0.05) is 36.4 Å². The summed E-state index contributed by atoms with van der Waals surface area (Å²) in [5, 5.41) is 21.5. The Morgan fingerprint density at radius 3 is 1.38 bits per heavy atom. The molecule has 0 spiro atoms. The fourth-order valence-electron chi connectivity index (χ4n) is 4.87. The van der Waals surface area contributed by atoms with E-state index in [9.17, 15) is 39.4 Å². The van der Waals surface area contributed by atoms with Crippen LogP contribution in [0.5, 0.6) is 11.5 Å². The normalized spacial score (nSPS) is 27.0. The van der Waals surface area contributed by atoms with Crippen LogP contribution in [0.15, 0.2) is 60.7 Å². The molecule has 0 aliphatic carbocycles. The molecule has 14 nitrogen and oxygen atoms in total. The number of nitro benzene ring substituents is 2. The number of ether oxygens (including phenoxy) is 4. The van der Waals surface area contributed by atoms with E-state index >= 15 is 0 Å². The number of fused-ring (bicyclic) bond motifs is 2. The highest BCUT2D eigenvalue weighted by Gasteiger charge is 2.46. The molecule has 4 heterocycles. The van der Waals surface area contributed by atoms with Crippen LogP contribution in [0, 0.1) is 20.2 Å². The van der Waals surface area contributed by atoms with Crippen molar-refractivity contribution in [2.75, 3.05) is 0 Å². The highest BCUT2D eigenvalue weighted by atomic mass is 16.6. The zero-order valence-electron chi connectivity index (χ0n) is 22.1. The molecule has 42 heavy (non-hydrogen) atoms. The summed E-state index contributed by atoms with van der Waals surface area (Å²) in [6.45, 7) is 3.31. The molecule has 0 saturated carbocycles. The standard InChI is InChI=1S/2C14H11NO6/c2*1-14(5-4-13(17)21-14)12-7-10(16)9-6-8(15(18)19)2-3-11(9)20-12/h2*2-6,12H,7H2,1H3/t2*12-,14+/m00/s1. The summed E-state index contributed by atoms with van der Waals surface area (Å²) < 4.78 is 21.8. The minimum absolute atomic E-state index is 0.0116. The molecule has 2 aromatic rings. The maximum atomic E-state index is 12.2. The van der Waals surface area contributed by atoms with E-state index in [0.29, 0.717) is 0 Å². The molecule has 14 heteroatoms. The van der Waals surface area contributed by atoms with Gasteiger partial charge in [-0.1, -0.05) is 0 Å². The number of nitrogens with zero attached hydrogens (tertiary/aromatic N) is 2. The van der Waals surface area contributed by atoms with Crippen LogP contribution in [-0.2, 0) is 19.1 Å². The van der Waals surface area contributed by atoms with Crippen LogP contribution in [-0.4, -0.2) is 56.8 Å². The highest BCUT2D eigenvalue weighted by Crippen LogP contribution is 2.38. The van der Waals surface area contributed by atoms with Gasteiger partial charge in [0.25, 0.3) is 11.4 Å². The van der Waals surface area contributed by atoms with Crippen molar-refractivity contribution >= 4 is 34.9 Å². The fraction of sp³-hybridized carbons (Fsp3) is 0.286. The Kier molecular flexibility index (Phi) is 6.84. The van der Waals surface area contributed by atoms with Crippen LogP contribution in [0.25, 0.3) is 0 Å². The summed E-state index contributed by atoms with van der Waals surface area (Å²) in [5.74, 6) is -0.991. The van der Waals surface area contributed by atoms with Crippen LogP contribution < -0.4 is 9.47 Å². The molecule has 216 valence electrons. The number of esters is 2. The van der Waals surface area contributed by atoms with Crippen molar-refractivity contribution in [2.24, 2.45) is 0 Å². The van der Waals surface area contributed by atoms with Gasteiger partial charge in [0.05, 0.1) is 33.8 Å². The van der Waals surface area contributed by atoms with E-state index in [0.717, 1.165) is 0 Å². The topological polar surface area (TPSA) is 191 Å². The Labute approximate surface area is 236 Å². The Hall–Kier alpha value is -5.40. The van der Waals surface area contributed by atoms with E-state index in [4.69, 9.17) is 18.9 Å². The van der Waals surface area contributed by atoms with Crippen molar-refractivity contribution in [2.45, 2.75) is 50.1 Å². The van der Waals surface area contributed by atoms with E-state index in [1.54, 1.807) is 26.0 Å². The van der Waals surface area contributed by atoms with Gasteiger partial charge in [-0.25, -0.2) is 9.59 Å². The number of rotatable bonds is 4. The lowest BCUT2D eigenvalue weighted by Gasteiger charge is -2.34. The second-order valence-corrected chi connectivity index (χ2v) is 10.2. The van der Waals surface area contributed by atoms with E-state index in [1.807, 2.05) is 0 Å². The van der Waals surface area contributed by atoms with E-state index < -0.39 is 45.2 Å². The second kappa shape index (κ2) is 10.2. The van der Waals surface area contributed by atoms with Gasteiger partial charge in [0.2, 0.25) is 0 Å². The number of carbonyl (C=O) groups excluding carboxylic acids is 4. The SMILES string of the molecule is C[C@]1([C@@H]2CC(=O)c3cc([N+](=O)[O-])ccc3O2)C=CC(=O)O1.C[C@]1([C@@H]2CC(=O)c3cc([N+](=O)[O-])ccc3O2)C=CC(=O)O1. The number of cyclic esters (lactones) is 2. The molecule has 4 aliphatic heterocycles. The molecular formula is C28H22N2O12. The summed E-state index contributed by atoms with van der Waals surface area (Å²) in [6.07, 6.45) is 4.37. The predicted molar refractivity (Wildman–Crippen MR) is 140 cm³/mol. The van der Waals surface area contributed by atoms with Gasteiger partial charge >= 0.3 is 11.9 Å². The fourth-order valence-corrected chi connectivity index (χ4v) is 4.87. The van der Waals surface area contributed by atoms with Crippen LogP contribution >= 0.6 is 0 Å². The van der Waals surface area contributed by atoms with E-state index in [1.165, 1.54) is 48.6 Å². The van der Waals surface area contributed by atoms with Gasteiger partial charge in [-0.2, -0.15) is 0 Å². The molecular weight excluding hydrogens is 556 g/mol. The zero-order valence-corrected chi connectivity index (χ0v) is 22.1. The summed E-state index contributed by atoms with van der Waals surface area (Å²) in [5.41, 5.74) is -1.99. The average molecular weight is 578 g/mol. The largest absolute Gasteiger partial charge is 0.485 e. The monoisotopic (exact) mass is 578 g/mol. The first-order valence-electron chi connectivity index (χ1n) is 12.6. The van der Waals surface area contributed by atoms with Crippen molar-refractivity contribution in [3.05, 3.63) is 92.1 Å². The van der Waals surface area contributed by atoms with Crippen molar-refractivity contribution in [1.29, 1.82) is 0 Å². The quantitative estimate of drug-likeness (QED) is 0.291. The summed E-state index contributed by atoms with van der Waals surface area (Å²) in [4.78, 5) is 67.2. The predicted octanol–water partition coefficient (Wildman–Crippen LogP) is 3.60. The Morgan fingerprint density at radius 2 is 1.07 bits per heavy atom. The van der Waals surface area contributed by atoms with Crippen LogP contribution in [0.2, 0.25) is 0 Å². The lowest BCUT2D eigenvalue weighted by Crippen LogP contribution is -2.46. The molecule has 0 saturated heterocycles. The Balaban J connectivity index is 0.000000168. The van der Waals surface area contributed by atoms with Crippen LogP contribution in [0.4, 0.5) is 11.4 Å². The number of benzene rings is 2. The highest BCUT2D eigenvalue weighted by molar-refractivity contribution is 6.01. The van der Waals surface area contributed by atoms with Crippen molar-refractivity contribution < 1.29 is 48.0 Å². The van der Waals surface area contributed by atoms with Crippen molar-refractivity contribution in [3.8, 4) is 11.5 Å². The lowest BCUT2D eigenvalue weighted by molar-refractivity contribution is -0.385. The Morgan fingerprint density at radius 1 is 0.690 bits per heavy atom. The van der Waals surface area contributed by atoms with E-state index in [-0.39, 0.29) is 58.4 Å². The number of hydrogen-bond donors (Lipinski definition) is 0. The molecule has 6 rings (SSSR count). The number of hydrogen-bond acceptors (Lipinski definition) is 12. The number of non-ortho nitro benzene ring substituents is 2. The number of ketones is 2. The molecule has 0 fully saturated rings. The number of Topliss-reactive ketones (excluding diaryl/α,β-unsaturated/α-hetero) is 2. The van der Waals surface area contributed by atoms with Gasteiger partial charge in [0.15, 0.2) is 22.8 Å². The third kappa shape index (κ3) is 5.21. The molecule has 0 N–H and O–H groups in total. The van der Waals surface area contributed by atoms with Crippen LogP contribution in [0.1, 0.15) is 47.4 Å². The first-order valence-corrected chi connectivity index (χ1v) is 12.6. The molecule has 4 atom stereocenters. The van der Waals surface area contributed by atoms with Gasteiger partial charge in [-0.05, 0) is 38.1 Å². The van der Waals surface area contributed by atoms with Gasteiger partial charge in [-0.15, -0.1) is 0 Å². The molecule has 2 aromatic carbocycles. The van der Waals surface area contributed by atoms with Crippen molar-refractivity contribution in [3.63, 3.8) is 0 Å². The molecule has 0 amide bonds. The third-order valence-corrected chi connectivity index (χ3v) is 7.25. The zero-order chi connectivity index (χ0) is 30.4. The summed E-state index contributed by atoms with van der Waals surface area (Å²) >= 11 is 0. The smallest absolute Gasteiger partial charge is 0.331 e. The van der Waals surface area contributed by atoms with Gasteiger partial charge in [-0.3, -0.25) is 29.8 Å². The van der Waals surface area contributed by atoms with Crippen LogP contribution in [0.3, 0.4) is 0 Å². The second-order valence-electron chi connectivity index (χ2n) is 10.2. The van der Waals surface area contributed by atoms with Gasteiger partial charge < -0.3 is 18.9 Å². The van der Waals surface area contributed by atoms with E-state index in [2.05, 4.69) is 0 Å². The minimum atomic E-state index is -1.01. The molecule has 4 aliphatic rings. The number of nitro groups is 2. The first-order chi connectivity index (χ1) is 19.8. The minimum Gasteiger partial charge on any atom is -0.485 e.